The van der Waals surface area contributed by atoms with Crippen molar-refractivity contribution in [1.82, 2.24) is 0 Å². The second-order valence-electron chi connectivity index (χ2n) is 10.2. The molecule has 2 unspecified atom stereocenters. The number of hydrogen-bond acceptors (Lipinski definition) is 2. The summed E-state index contributed by atoms with van der Waals surface area (Å²) in [5, 5.41) is 4.77. The van der Waals surface area contributed by atoms with Crippen LogP contribution in [0.3, 0.4) is 0 Å². The second kappa shape index (κ2) is 15.0. The van der Waals surface area contributed by atoms with Gasteiger partial charge in [-0.15, -0.1) is 0 Å². The minimum absolute atomic E-state index is 0.193. The third-order valence-corrected chi connectivity index (χ3v) is 11.2. The minimum Gasteiger partial charge on any atom is -0.342 e. The van der Waals surface area contributed by atoms with E-state index in [-0.39, 0.29) is 12.2 Å². The summed E-state index contributed by atoms with van der Waals surface area (Å²) in [6, 6.07) is 63.6. The van der Waals surface area contributed by atoms with Gasteiger partial charge in [-0.1, -0.05) is 182 Å². The van der Waals surface area contributed by atoms with Crippen LogP contribution in [0.5, 0.6) is 0 Å². The van der Waals surface area contributed by atoms with Gasteiger partial charge in [-0.2, -0.15) is 0 Å². The Morgan fingerprint density at radius 1 is 0.326 bits per heavy atom. The zero-order valence-electron chi connectivity index (χ0n) is 23.9. The molecule has 0 bridgehead atoms. The lowest BCUT2D eigenvalue weighted by Gasteiger charge is -2.31. The molecule has 2 nitrogen and oxygen atoms in total. The smallest absolute Gasteiger partial charge is 0.0926 e. The largest absolute Gasteiger partial charge is 0.342 e. The summed E-state index contributed by atoms with van der Waals surface area (Å²) in [6.45, 7) is 0. The van der Waals surface area contributed by atoms with E-state index >= 15 is 0 Å². The average Bonchev–Trinajstić information content (AvgIpc) is 3.10. The van der Waals surface area contributed by atoms with Crippen LogP contribution in [0.15, 0.2) is 182 Å². The van der Waals surface area contributed by atoms with Crippen molar-refractivity contribution in [2.45, 2.75) is 18.6 Å². The summed E-state index contributed by atoms with van der Waals surface area (Å²) in [4.78, 5) is 0. The van der Waals surface area contributed by atoms with Crippen LogP contribution in [0.4, 0.5) is 0 Å². The van der Waals surface area contributed by atoms with Crippen LogP contribution in [0.25, 0.3) is 0 Å². The van der Waals surface area contributed by atoms with Crippen molar-refractivity contribution in [3.63, 3.8) is 0 Å². The molecule has 0 radical (unpaired) electrons. The van der Waals surface area contributed by atoms with Crippen molar-refractivity contribution in [2.75, 3.05) is 0 Å². The lowest BCUT2D eigenvalue weighted by molar-refractivity contribution is 0.134. The number of hydrogen-bond donors (Lipinski definition) is 0. The van der Waals surface area contributed by atoms with Crippen LogP contribution >= 0.6 is 16.3 Å². The molecular weight excluding hydrogens is 562 g/mol. The number of rotatable bonds is 12. The maximum absolute atomic E-state index is 7.25. The Hall–Kier alpha value is -3.90. The SMILES string of the molecule is c1ccc(C(CC(OP(c2ccccc2)c2ccccc2)c2ccccc2)OP(c2ccccc2)c2ccccc2)cc1. The first-order chi connectivity index (χ1) is 21.3. The summed E-state index contributed by atoms with van der Waals surface area (Å²) < 4.78 is 14.5. The lowest BCUT2D eigenvalue weighted by atomic mass is 9.99. The quantitative estimate of drug-likeness (QED) is 0.131. The third kappa shape index (κ3) is 7.74. The standard InChI is InChI=1S/C39H34O2P2/c1-7-19-32(20-8-1)38(40-42(34-23-11-3-12-24-34)35-25-13-4-14-26-35)31-39(33-21-9-2-10-22-33)41-43(36-27-15-5-16-28-36)37-29-17-6-18-30-37/h1-30,38-39H,31H2. The van der Waals surface area contributed by atoms with Crippen molar-refractivity contribution in [3.8, 4) is 0 Å². The molecule has 0 saturated carbocycles. The summed E-state index contributed by atoms with van der Waals surface area (Å²) in [6.07, 6.45) is 0.285. The molecule has 2 atom stereocenters. The van der Waals surface area contributed by atoms with Crippen molar-refractivity contribution in [2.24, 2.45) is 0 Å². The summed E-state index contributed by atoms with van der Waals surface area (Å²) in [7, 11) is -2.14. The van der Waals surface area contributed by atoms with Crippen LogP contribution < -0.4 is 21.2 Å². The van der Waals surface area contributed by atoms with E-state index in [1.807, 2.05) is 0 Å². The number of benzene rings is 6. The fraction of sp³-hybridized carbons (Fsp3) is 0.0769. The van der Waals surface area contributed by atoms with Gasteiger partial charge in [0.25, 0.3) is 0 Å². The van der Waals surface area contributed by atoms with Crippen LogP contribution in [-0.2, 0) is 9.05 Å². The van der Waals surface area contributed by atoms with E-state index in [0.717, 1.165) is 11.1 Å². The molecule has 6 aromatic rings. The average molecular weight is 597 g/mol. The molecule has 6 aromatic carbocycles. The molecule has 0 aliphatic heterocycles. The summed E-state index contributed by atoms with van der Waals surface area (Å²) >= 11 is 0. The highest BCUT2D eigenvalue weighted by atomic mass is 31.1. The van der Waals surface area contributed by atoms with Crippen molar-refractivity contribution >= 4 is 37.5 Å². The normalized spacial score (nSPS) is 12.7. The molecule has 6 rings (SSSR count). The fourth-order valence-electron chi connectivity index (χ4n) is 5.06. The highest BCUT2D eigenvalue weighted by molar-refractivity contribution is 7.68. The highest BCUT2D eigenvalue weighted by Crippen LogP contribution is 2.48. The van der Waals surface area contributed by atoms with Gasteiger partial charge in [0.15, 0.2) is 0 Å². The van der Waals surface area contributed by atoms with Crippen molar-refractivity contribution in [1.29, 1.82) is 0 Å². The van der Waals surface area contributed by atoms with Crippen LogP contribution in [0.2, 0.25) is 0 Å². The van der Waals surface area contributed by atoms with Gasteiger partial charge in [0.2, 0.25) is 0 Å². The zero-order valence-corrected chi connectivity index (χ0v) is 25.7. The van der Waals surface area contributed by atoms with Gasteiger partial charge in [-0.3, -0.25) is 0 Å². The molecule has 43 heavy (non-hydrogen) atoms. The summed E-state index contributed by atoms with van der Waals surface area (Å²) in [5.74, 6) is 0. The monoisotopic (exact) mass is 596 g/mol. The van der Waals surface area contributed by atoms with Crippen LogP contribution in [0, 0.1) is 0 Å². The van der Waals surface area contributed by atoms with E-state index < -0.39 is 16.3 Å². The van der Waals surface area contributed by atoms with Crippen molar-refractivity contribution in [3.05, 3.63) is 193 Å². The lowest BCUT2D eigenvalue weighted by Crippen LogP contribution is -2.20. The molecule has 0 heterocycles. The van der Waals surface area contributed by atoms with E-state index in [1.165, 1.54) is 21.2 Å². The van der Waals surface area contributed by atoms with Gasteiger partial charge in [-0.05, 0) is 11.1 Å². The third-order valence-electron chi connectivity index (χ3n) is 7.20. The first-order valence-electron chi connectivity index (χ1n) is 14.6. The maximum Gasteiger partial charge on any atom is 0.0926 e. The minimum atomic E-state index is -1.07. The molecule has 4 heteroatoms. The molecule has 0 N–H and O–H groups in total. The molecular formula is C39H34O2P2. The van der Waals surface area contributed by atoms with E-state index in [9.17, 15) is 0 Å². The van der Waals surface area contributed by atoms with Gasteiger partial charge in [0.1, 0.15) is 0 Å². The van der Waals surface area contributed by atoms with Gasteiger partial charge in [0, 0.05) is 27.6 Å². The molecule has 212 valence electrons. The van der Waals surface area contributed by atoms with Crippen LogP contribution in [0.1, 0.15) is 29.8 Å². The Kier molecular flexibility index (Phi) is 10.2. The van der Waals surface area contributed by atoms with Crippen LogP contribution in [-0.4, -0.2) is 0 Å². The molecule has 0 aliphatic carbocycles. The molecule has 0 amide bonds. The Labute approximate surface area is 257 Å². The Balaban J connectivity index is 1.40. The first kappa shape index (κ1) is 29.2. The second-order valence-corrected chi connectivity index (χ2v) is 13.8. The predicted molar refractivity (Wildman–Crippen MR) is 183 cm³/mol. The van der Waals surface area contributed by atoms with Gasteiger partial charge in [0.05, 0.1) is 28.5 Å². The van der Waals surface area contributed by atoms with Gasteiger partial charge >= 0.3 is 0 Å². The van der Waals surface area contributed by atoms with Crippen molar-refractivity contribution < 1.29 is 9.05 Å². The predicted octanol–water partition coefficient (Wildman–Crippen LogP) is 8.99. The van der Waals surface area contributed by atoms with Gasteiger partial charge < -0.3 is 9.05 Å². The van der Waals surface area contributed by atoms with E-state index in [1.54, 1.807) is 0 Å². The van der Waals surface area contributed by atoms with E-state index in [0.29, 0.717) is 6.42 Å². The topological polar surface area (TPSA) is 18.5 Å². The summed E-state index contributed by atoms with van der Waals surface area (Å²) in [5.41, 5.74) is 2.30. The Morgan fingerprint density at radius 3 is 0.814 bits per heavy atom. The van der Waals surface area contributed by atoms with E-state index in [2.05, 4.69) is 182 Å². The van der Waals surface area contributed by atoms with Gasteiger partial charge in [-0.25, -0.2) is 0 Å². The Morgan fingerprint density at radius 2 is 0.558 bits per heavy atom. The molecule has 0 saturated heterocycles. The molecule has 0 spiro atoms. The fourth-order valence-corrected chi connectivity index (χ4v) is 8.84. The first-order valence-corrected chi connectivity index (χ1v) is 17.1. The Bertz CT molecular complexity index is 1430. The maximum atomic E-state index is 7.25. The molecule has 0 aromatic heterocycles. The molecule has 0 aliphatic rings. The van der Waals surface area contributed by atoms with E-state index in [4.69, 9.17) is 9.05 Å². The highest BCUT2D eigenvalue weighted by Gasteiger charge is 2.29. The molecule has 0 fully saturated rings. The zero-order chi connectivity index (χ0) is 29.1.